The van der Waals surface area contributed by atoms with Gasteiger partial charge in [0, 0.05) is 32.1 Å². The summed E-state index contributed by atoms with van der Waals surface area (Å²) in [6, 6.07) is 0.113. The molecule has 114 valence electrons. The van der Waals surface area contributed by atoms with E-state index in [9.17, 15) is 4.79 Å². The van der Waals surface area contributed by atoms with Gasteiger partial charge in [-0.1, -0.05) is 0 Å². The van der Waals surface area contributed by atoms with Gasteiger partial charge in [-0.25, -0.2) is 0 Å². The minimum Gasteiger partial charge on any atom is -0.378 e. The summed E-state index contributed by atoms with van der Waals surface area (Å²) in [5.74, 6) is 1.27. The Balaban J connectivity index is 1.64. The third-order valence-corrected chi connectivity index (χ3v) is 3.53. The number of rotatable bonds is 4. The number of nitrogens with zero attached hydrogens (tertiary/aromatic N) is 4. The van der Waals surface area contributed by atoms with Gasteiger partial charge in [0.05, 0.1) is 13.2 Å². The van der Waals surface area contributed by atoms with Crippen LogP contribution in [-0.2, 0) is 9.53 Å². The van der Waals surface area contributed by atoms with E-state index >= 15 is 0 Å². The first kappa shape index (κ1) is 13.8. The highest BCUT2D eigenvalue weighted by Crippen LogP contribution is 2.14. The average molecular weight is 293 g/mol. The third kappa shape index (κ3) is 3.48. The van der Waals surface area contributed by atoms with Crippen LogP contribution in [0.1, 0.15) is 12.8 Å². The zero-order chi connectivity index (χ0) is 14.7. The van der Waals surface area contributed by atoms with Gasteiger partial charge in [-0.3, -0.25) is 4.79 Å². The molecule has 0 aromatic carbocycles. The summed E-state index contributed by atoms with van der Waals surface area (Å²) in [6.45, 7) is 3.37. The molecule has 9 heteroatoms. The molecular weight excluding hydrogens is 274 g/mol. The van der Waals surface area contributed by atoms with Crippen molar-refractivity contribution in [1.82, 2.24) is 20.3 Å². The van der Waals surface area contributed by atoms with E-state index in [1.54, 1.807) is 0 Å². The number of anilines is 3. The van der Waals surface area contributed by atoms with Crippen molar-refractivity contribution >= 4 is 23.8 Å². The van der Waals surface area contributed by atoms with Crippen molar-refractivity contribution in [3.05, 3.63) is 0 Å². The van der Waals surface area contributed by atoms with Gasteiger partial charge in [0.1, 0.15) is 0 Å². The SMILES string of the molecule is Nc1nc(NCC2CCC(=O)N2)nc(N2CCOCC2)n1. The molecule has 4 N–H and O–H groups in total. The van der Waals surface area contributed by atoms with Gasteiger partial charge in [0.25, 0.3) is 0 Å². The van der Waals surface area contributed by atoms with Crippen LogP contribution in [0.5, 0.6) is 0 Å². The van der Waals surface area contributed by atoms with Gasteiger partial charge in [-0.15, -0.1) is 0 Å². The van der Waals surface area contributed by atoms with Gasteiger partial charge < -0.3 is 26.0 Å². The number of hydrogen-bond donors (Lipinski definition) is 3. The van der Waals surface area contributed by atoms with E-state index in [0.29, 0.717) is 38.1 Å². The summed E-state index contributed by atoms with van der Waals surface area (Å²) < 4.78 is 5.31. The molecule has 1 aromatic heterocycles. The molecule has 0 saturated carbocycles. The summed E-state index contributed by atoms with van der Waals surface area (Å²) in [5, 5.41) is 6.00. The van der Waals surface area contributed by atoms with Gasteiger partial charge in [-0.05, 0) is 6.42 Å². The number of carbonyl (C=O) groups is 1. The number of nitrogens with two attached hydrogens (primary N) is 1. The van der Waals surface area contributed by atoms with E-state index < -0.39 is 0 Å². The number of carbonyl (C=O) groups excluding carboxylic acids is 1. The third-order valence-electron chi connectivity index (χ3n) is 3.53. The molecule has 2 aliphatic rings. The second-order valence-corrected chi connectivity index (χ2v) is 5.10. The number of amides is 1. The molecule has 2 saturated heterocycles. The Morgan fingerprint density at radius 3 is 2.86 bits per heavy atom. The molecule has 0 radical (unpaired) electrons. The Morgan fingerprint density at radius 2 is 2.14 bits per heavy atom. The molecule has 1 unspecified atom stereocenters. The smallest absolute Gasteiger partial charge is 0.232 e. The molecule has 2 fully saturated rings. The molecule has 3 rings (SSSR count). The normalized spacial score (nSPS) is 22.2. The fourth-order valence-corrected chi connectivity index (χ4v) is 2.41. The second kappa shape index (κ2) is 6.08. The minimum atomic E-state index is 0.0889. The molecular formula is C12H19N7O2. The monoisotopic (exact) mass is 293 g/mol. The predicted octanol–water partition coefficient (Wildman–Crippen LogP) is -1.02. The van der Waals surface area contributed by atoms with Crippen LogP contribution in [0.4, 0.5) is 17.8 Å². The highest BCUT2D eigenvalue weighted by atomic mass is 16.5. The number of hydrogen-bond acceptors (Lipinski definition) is 8. The van der Waals surface area contributed by atoms with Crippen LogP contribution in [0.15, 0.2) is 0 Å². The number of morpholine rings is 1. The summed E-state index contributed by atoms with van der Waals surface area (Å²) in [5.41, 5.74) is 5.74. The lowest BCUT2D eigenvalue weighted by molar-refractivity contribution is -0.119. The molecule has 1 aromatic rings. The van der Waals surface area contributed by atoms with Crippen LogP contribution in [-0.4, -0.2) is 59.7 Å². The Kier molecular flexibility index (Phi) is 4.00. The van der Waals surface area contributed by atoms with E-state index in [-0.39, 0.29) is 17.9 Å². The minimum absolute atomic E-state index is 0.0889. The van der Waals surface area contributed by atoms with E-state index in [0.717, 1.165) is 19.5 Å². The topological polar surface area (TPSA) is 118 Å². The standard InChI is InChI=1S/C12H19N7O2/c13-10-16-11(14-7-8-1-2-9(20)15-8)18-12(17-10)19-3-5-21-6-4-19/h8H,1-7H2,(H,15,20)(H3,13,14,16,17,18). The van der Waals surface area contributed by atoms with Crippen LogP contribution in [0.25, 0.3) is 0 Å². The maximum absolute atomic E-state index is 11.2. The zero-order valence-corrected chi connectivity index (χ0v) is 11.7. The average Bonchev–Trinajstić information content (AvgIpc) is 2.91. The summed E-state index contributed by atoms with van der Waals surface area (Å²) >= 11 is 0. The molecule has 9 nitrogen and oxygen atoms in total. The van der Waals surface area contributed by atoms with Crippen LogP contribution in [0, 0.1) is 0 Å². The highest BCUT2D eigenvalue weighted by Gasteiger charge is 2.21. The largest absolute Gasteiger partial charge is 0.378 e. The number of nitrogens with one attached hydrogen (secondary N) is 2. The first-order chi connectivity index (χ1) is 10.2. The highest BCUT2D eigenvalue weighted by molar-refractivity contribution is 5.78. The fraction of sp³-hybridized carbons (Fsp3) is 0.667. The van der Waals surface area contributed by atoms with Crippen molar-refractivity contribution in [2.24, 2.45) is 0 Å². The van der Waals surface area contributed by atoms with E-state index in [1.165, 1.54) is 0 Å². The van der Waals surface area contributed by atoms with Gasteiger partial charge in [-0.2, -0.15) is 15.0 Å². The number of aromatic nitrogens is 3. The van der Waals surface area contributed by atoms with E-state index in [4.69, 9.17) is 10.5 Å². The molecule has 21 heavy (non-hydrogen) atoms. The van der Waals surface area contributed by atoms with Gasteiger partial charge >= 0.3 is 0 Å². The van der Waals surface area contributed by atoms with E-state index in [1.807, 2.05) is 4.90 Å². The van der Waals surface area contributed by atoms with Gasteiger partial charge in [0.15, 0.2) is 0 Å². The Labute approximate surface area is 122 Å². The lowest BCUT2D eigenvalue weighted by atomic mass is 10.2. The van der Waals surface area contributed by atoms with Crippen molar-refractivity contribution in [3.8, 4) is 0 Å². The predicted molar refractivity (Wildman–Crippen MR) is 76.9 cm³/mol. The van der Waals surface area contributed by atoms with Crippen molar-refractivity contribution in [2.45, 2.75) is 18.9 Å². The Hall–Kier alpha value is -2.16. The quantitative estimate of drug-likeness (QED) is 0.645. The second-order valence-electron chi connectivity index (χ2n) is 5.10. The summed E-state index contributed by atoms with van der Waals surface area (Å²) in [7, 11) is 0. The fourth-order valence-electron chi connectivity index (χ4n) is 2.41. The van der Waals surface area contributed by atoms with Crippen LogP contribution in [0.2, 0.25) is 0 Å². The first-order valence-electron chi connectivity index (χ1n) is 7.08. The van der Waals surface area contributed by atoms with E-state index in [2.05, 4.69) is 25.6 Å². The first-order valence-corrected chi connectivity index (χ1v) is 7.08. The molecule has 0 bridgehead atoms. The maximum Gasteiger partial charge on any atom is 0.232 e. The summed E-state index contributed by atoms with van der Waals surface area (Å²) in [6.07, 6.45) is 1.40. The van der Waals surface area contributed by atoms with Crippen LogP contribution in [0.3, 0.4) is 0 Å². The summed E-state index contributed by atoms with van der Waals surface area (Å²) in [4.78, 5) is 25.8. The number of nitrogen functional groups attached to an aromatic ring is 1. The Morgan fingerprint density at radius 1 is 1.33 bits per heavy atom. The van der Waals surface area contributed by atoms with Crippen LogP contribution < -0.4 is 21.3 Å². The lowest BCUT2D eigenvalue weighted by Gasteiger charge is -2.26. The molecule has 0 aliphatic carbocycles. The number of ether oxygens (including phenoxy) is 1. The van der Waals surface area contributed by atoms with Gasteiger partial charge in [0.2, 0.25) is 23.8 Å². The zero-order valence-electron chi connectivity index (χ0n) is 11.7. The maximum atomic E-state index is 11.2. The van der Waals surface area contributed by atoms with Crippen molar-refractivity contribution < 1.29 is 9.53 Å². The van der Waals surface area contributed by atoms with Crippen LogP contribution >= 0.6 is 0 Å². The molecule has 1 amide bonds. The lowest BCUT2D eigenvalue weighted by Crippen LogP contribution is -2.38. The van der Waals surface area contributed by atoms with Crippen molar-refractivity contribution in [1.29, 1.82) is 0 Å². The molecule has 2 aliphatic heterocycles. The molecule has 3 heterocycles. The molecule has 0 spiro atoms. The molecule has 1 atom stereocenters. The van der Waals surface area contributed by atoms with Crippen molar-refractivity contribution in [3.63, 3.8) is 0 Å². The Bertz CT molecular complexity index is 518. The van der Waals surface area contributed by atoms with Crippen molar-refractivity contribution in [2.75, 3.05) is 48.8 Å².